The van der Waals surface area contributed by atoms with Crippen LogP contribution in [-0.2, 0) is 0 Å². The van der Waals surface area contributed by atoms with E-state index < -0.39 is 0 Å². The van der Waals surface area contributed by atoms with E-state index in [4.69, 9.17) is 0 Å². The van der Waals surface area contributed by atoms with Crippen molar-refractivity contribution in [3.05, 3.63) is 0 Å². The third-order valence-electron chi connectivity index (χ3n) is 2.23. The van der Waals surface area contributed by atoms with Gasteiger partial charge in [0.25, 0.3) is 0 Å². The molecule has 0 aliphatic heterocycles. The van der Waals surface area contributed by atoms with Crippen molar-refractivity contribution in [2.45, 2.75) is 77.8 Å². The third kappa shape index (κ3) is 25.1. The Morgan fingerprint density at radius 3 is 1.33 bits per heavy atom. The summed E-state index contributed by atoms with van der Waals surface area (Å²) in [7, 11) is 0. The summed E-state index contributed by atoms with van der Waals surface area (Å²) in [5.41, 5.74) is 0. The number of hydrogen-bond acceptors (Lipinski definition) is 0. The van der Waals surface area contributed by atoms with Crippen molar-refractivity contribution >= 4 is 15.2 Å². The van der Waals surface area contributed by atoms with Gasteiger partial charge in [0.15, 0.2) is 0 Å². The summed E-state index contributed by atoms with van der Waals surface area (Å²) >= 11 is 0.755. The molecule has 0 aliphatic carbocycles. The van der Waals surface area contributed by atoms with Gasteiger partial charge in [0.05, 0.1) is 0 Å². The summed E-state index contributed by atoms with van der Waals surface area (Å²) in [5, 5.41) is 2.97. The van der Waals surface area contributed by atoms with Gasteiger partial charge in [-0.25, -0.2) is 0 Å². The molecule has 0 aromatic heterocycles. The van der Waals surface area contributed by atoms with Crippen LogP contribution in [0.25, 0.3) is 0 Å². The zero-order valence-corrected chi connectivity index (χ0v) is 13.1. The van der Waals surface area contributed by atoms with E-state index in [1.165, 1.54) is 36.2 Å². The fourth-order valence-corrected chi connectivity index (χ4v) is 2.79. The molecular weight excluding hydrogens is 195 g/mol. The van der Waals surface area contributed by atoms with Gasteiger partial charge in [-0.1, -0.05) is 39.5 Å². The van der Waals surface area contributed by atoms with Crippen LogP contribution < -0.4 is 0 Å². The molecule has 0 aliphatic rings. The first-order valence-corrected chi connectivity index (χ1v) is 8.49. The Labute approximate surface area is 106 Å². The summed E-state index contributed by atoms with van der Waals surface area (Å²) in [6, 6.07) is 0. The Kier molecular flexibility index (Phi) is 17.4. The Bertz CT molecular complexity index is 90.9. The summed E-state index contributed by atoms with van der Waals surface area (Å²) in [6.07, 6.45) is 5.54. The second kappa shape index (κ2) is 14.5. The molecule has 0 saturated heterocycles. The van der Waals surface area contributed by atoms with E-state index >= 15 is 0 Å². The van der Waals surface area contributed by atoms with E-state index in [9.17, 15) is 0 Å². The summed E-state index contributed by atoms with van der Waals surface area (Å²) in [6.45, 7) is 13.7. The first-order chi connectivity index (χ1) is 7.04. The Balaban J connectivity index is -0.000000214. The topological polar surface area (TPSA) is 0 Å². The molecule has 0 atom stereocenters. The van der Waals surface area contributed by atoms with Crippen molar-refractivity contribution in [1.82, 2.24) is 0 Å². The quantitative estimate of drug-likeness (QED) is 0.396. The van der Waals surface area contributed by atoms with Crippen molar-refractivity contribution in [2.24, 2.45) is 11.8 Å². The van der Waals surface area contributed by atoms with Crippen LogP contribution in [0.15, 0.2) is 0 Å². The van der Waals surface area contributed by atoms with Crippen LogP contribution >= 0.6 is 0 Å². The molecule has 0 aromatic rings. The van der Waals surface area contributed by atoms with Gasteiger partial charge in [0, 0.05) is 0 Å². The van der Waals surface area contributed by atoms with E-state index in [0.29, 0.717) is 0 Å². The fraction of sp³-hybridized carbons (Fsp3) is 1.00. The van der Waals surface area contributed by atoms with Gasteiger partial charge in [-0.15, -0.1) is 0 Å². The predicted octanol–water partition coefficient (Wildman–Crippen LogP) is 5.54. The van der Waals surface area contributed by atoms with Crippen molar-refractivity contribution < 1.29 is 1.43 Å². The number of unbranched alkanes of at least 4 members (excludes halogenated alkanes) is 3. The van der Waals surface area contributed by atoms with Gasteiger partial charge in [0.2, 0.25) is 0 Å². The minimum atomic E-state index is 0. The second-order valence-electron chi connectivity index (χ2n) is 5.25. The summed E-state index contributed by atoms with van der Waals surface area (Å²) in [5.74, 6) is 1.86. The molecule has 92 valence electrons. The van der Waals surface area contributed by atoms with Crippen LogP contribution in [0.2, 0.25) is 10.6 Å². The predicted molar refractivity (Wildman–Crippen MR) is 76.0 cm³/mol. The molecule has 15 heavy (non-hydrogen) atoms. The summed E-state index contributed by atoms with van der Waals surface area (Å²) in [4.78, 5) is 0. The molecule has 0 amide bonds. The van der Waals surface area contributed by atoms with Crippen LogP contribution in [0.5, 0.6) is 0 Å². The molecule has 1 heteroatoms. The minimum absolute atomic E-state index is 0. The molecule has 0 rings (SSSR count). The molecule has 0 radical (unpaired) electrons. The molecule has 0 heterocycles. The molecule has 0 aromatic carbocycles. The molecule has 0 bridgehead atoms. The van der Waals surface area contributed by atoms with Crippen molar-refractivity contribution in [2.75, 3.05) is 0 Å². The average Bonchev–Trinajstić information content (AvgIpc) is 2.14. The minimum Gasteiger partial charge on any atom is -1.00 e. The molecule has 0 unspecified atom stereocenters. The van der Waals surface area contributed by atoms with Gasteiger partial charge >= 0.3 is 65.3 Å². The van der Waals surface area contributed by atoms with E-state index in [1.807, 2.05) is 0 Å². The summed E-state index contributed by atoms with van der Waals surface area (Å²) < 4.78 is 0. The smallest absolute Gasteiger partial charge is 0.0536 e. The zero-order valence-electron chi connectivity index (χ0n) is 13.0. The van der Waals surface area contributed by atoms with Crippen LogP contribution in [-0.4, -0.2) is 15.2 Å². The van der Waals surface area contributed by atoms with E-state index in [2.05, 4.69) is 41.5 Å². The van der Waals surface area contributed by atoms with Crippen LogP contribution in [0.4, 0.5) is 0 Å². The molecule has 0 fully saturated rings. The first-order valence-electron chi connectivity index (χ1n) is 6.86. The van der Waals surface area contributed by atoms with Crippen LogP contribution in [0, 0.1) is 11.8 Å². The first kappa shape index (κ1) is 17.9. The van der Waals surface area contributed by atoms with Crippen LogP contribution in [0.1, 0.15) is 68.7 Å². The van der Waals surface area contributed by atoms with Gasteiger partial charge < -0.3 is 1.43 Å². The maximum Gasteiger partial charge on any atom is -0.0536 e. The maximum atomic E-state index is 2.31. The van der Waals surface area contributed by atoms with Crippen molar-refractivity contribution in [1.29, 1.82) is 0 Å². The SMILES string of the molecule is CC(C)[CH2][Al+][CH2]C(C)C.CCCCCC.[H-]. The Hall–Kier alpha value is 0.532. The Morgan fingerprint density at radius 1 is 0.800 bits per heavy atom. The largest absolute Gasteiger partial charge is 1.00 e. The van der Waals surface area contributed by atoms with Gasteiger partial charge in [0.1, 0.15) is 0 Å². The fourth-order valence-electron chi connectivity index (χ4n) is 1.26. The normalized spacial score (nSPS) is 9.87. The monoisotopic (exact) mass is 228 g/mol. The average molecular weight is 228 g/mol. The van der Waals surface area contributed by atoms with Gasteiger partial charge in [-0.2, -0.15) is 0 Å². The van der Waals surface area contributed by atoms with E-state index in [-0.39, 0.29) is 1.43 Å². The molecule has 0 spiro atoms. The molecule has 0 nitrogen and oxygen atoms in total. The number of hydrogen-bond donors (Lipinski definition) is 0. The number of rotatable bonds is 7. The van der Waals surface area contributed by atoms with E-state index in [1.54, 1.807) is 0 Å². The van der Waals surface area contributed by atoms with Gasteiger partial charge in [-0.3, -0.25) is 0 Å². The Morgan fingerprint density at radius 2 is 1.13 bits per heavy atom. The molecule has 0 N–H and O–H groups in total. The maximum absolute atomic E-state index is 2.31. The third-order valence-corrected chi connectivity index (χ3v) is 4.79. The molecular formula is C14H33Al. The van der Waals surface area contributed by atoms with Crippen molar-refractivity contribution in [3.8, 4) is 0 Å². The van der Waals surface area contributed by atoms with Crippen molar-refractivity contribution in [3.63, 3.8) is 0 Å². The van der Waals surface area contributed by atoms with Crippen LogP contribution in [0.3, 0.4) is 0 Å². The van der Waals surface area contributed by atoms with E-state index in [0.717, 1.165) is 27.1 Å². The second-order valence-corrected chi connectivity index (χ2v) is 6.78. The van der Waals surface area contributed by atoms with Gasteiger partial charge in [-0.05, 0) is 0 Å². The molecule has 0 saturated carbocycles. The standard InChI is InChI=1S/C6H14.2C4H9.Al.H/c1-3-5-6-4-2;2*1-4(2)3;;/h3-6H2,1-2H3;2*4H,1H2,2-3H3;;/q;;;+1;-1. The zero-order chi connectivity index (χ0) is 12.1.